The van der Waals surface area contributed by atoms with E-state index in [4.69, 9.17) is 33.2 Å². The van der Waals surface area contributed by atoms with Crippen LogP contribution in [0.1, 0.15) is 60.8 Å². The summed E-state index contributed by atoms with van der Waals surface area (Å²) >= 11 is 0. The van der Waals surface area contributed by atoms with Crippen LogP contribution in [-0.2, 0) is 38.0 Å². The van der Waals surface area contributed by atoms with Crippen molar-refractivity contribution in [2.24, 2.45) is 23.7 Å². The molecule has 3 unspecified atom stereocenters. The van der Waals surface area contributed by atoms with E-state index in [1.165, 1.54) is 20.3 Å². The molecule has 3 aliphatic heterocycles. The first-order valence-electron chi connectivity index (χ1n) is 17.8. The molecular weight excluding hydrogens is 634 g/mol. The molecule has 0 spiro atoms. The van der Waals surface area contributed by atoms with Crippen molar-refractivity contribution in [3.63, 3.8) is 0 Å². The van der Waals surface area contributed by atoms with Crippen molar-refractivity contribution in [3.05, 3.63) is 36.5 Å². The minimum absolute atomic E-state index is 0.0487. The van der Waals surface area contributed by atoms with Gasteiger partial charge in [-0.15, -0.1) is 0 Å². The fourth-order valence-electron chi connectivity index (χ4n) is 7.15. The SMILES string of the molecule is CCC1OC(=O)/C=C/[C@H](C)C(O[C@@H]2O[C@H](C)C[C@H](N(C)C)[C@H]2O)[C@@H](C)C[C@@H](C)C(O)/C=C/C=C\[C@@H]1CO[C@@H]1O[C@H](C)[C@@H](O)[C@@H](OC)[C@H]1OC. The van der Waals surface area contributed by atoms with E-state index in [1.807, 2.05) is 58.8 Å². The Morgan fingerprint density at radius 2 is 1.51 bits per heavy atom. The molecule has 12 heteroatoms. The lowest BCUT2D eigenvalue weighted by Crippen LogP contribution is -2.59. The van der Waals surface area contributed by atoms with Crippen LogP contribution in [0, 0.1) is 23.7 Å². The predicted octanol–water partition coefficient (Wildman–Crippen LogP) is 3.23. The monoisotopic (exact) mass is 697 g/mol. The van der Waals surface area contributed by atoms with E-state index in [1.54, 1.807) is 25.2 Å². The molecule has 3 rings (SSSR count). The summed E-state index contributed by atoms with van der Waals surface area (Å²) in [6.07, 6.45) is 5.23. The summed E-state index contributed by atoms with van der Waals surface area (Å²) < 4.78 is 41.9. The molecule has 2 saturated heterocycles. The molecule has 3 aliphatic rings. The lowest BCUT2D eigenvalue weighted by atomic mass is 9.84. The smallest absolute Gasteiger partial charge is 0.330 e. The van der Waals surface area contributed by atoms with E-state index in [2.05, 4.69) is 6.92 Å². The zero-order valence-electron chi connectivity index (χ0n) is 31.1. The van der Waals surface area contributed by atoms with E-state index >= 15 is 0 Å². The van der Waals surface area contributed by atoms with Gasteiger partial charge in [-0.1, -0.05) is 58.1 Å². The standard InChI is InChI=1S/C37H63NO11/c1-11-29-26(20-45-37-35(44-10)34(43-9)31(41)25(6)47-37)14-12-13-15-28(39)22(3)18-23(4)33(21(2)16-17-30(40)48-29)49-36-32(42)27(38(7)8)19-24(5)46-36/h12-17,21-29,31-37,39,41-42H,11,18-20H2,1-10H3/b14-12-,15-13+,17-16+/t21-,22+,23-,24+,25+,26+,27-,28?,29?,31+,32+,33?,34+,35+,36-,37+/m0/s1. The number of carbonyl (C=O) groups is 1. The Hall–Kier alpha value is -1.71. The maximum Gasteiger partial charge on any atom is 0.330 e. The van der Waals surface area contributed by atoms with E-state index in [0.29, 0.717) is 19.3 Å². The van der Waals surface area contributed by atoms with Gasteiger partial charge in [-0.05, 0) is 59.0 Å². The van der Waals surface area contributed by atoms with Gasteiger partial charge in [0, 0.05) is 38.2 Å². The van der Waals surface area contributed by atoms with Crippen molar-refractivity contribution in [2.75, 3.05) is 34.9 Å². The summed E-state index contributed by atoms with van der Waals surface area (Å²) in [4.78, 5) is 15.3. The van der Waals surface area contributed by atoms with Gasteiger partial charge in [0.1, 0.15) is 30.5 Å². The second-order valence-corrected chi connectivity index (χ2v) is 14.3. The molecule has 0 aromatic rings. The molecule has 12 nitrogen and oxygen atoms in total. The van der Waals surface area contributed by atoms with Crippen molar-refractivity contribution in [1.82, 2.24) is 4.90 Å². The van der Waals surface area contributed by atoms with Gasteiger partial charge >= 0.3 is 5.97 Å². The number of aliphatic hydroxyl groups excluding tert-OH is 3. The number of nitrogens with zero attached hydrogens (tertiary/aromatic N) is 1. The van der Waals surface area contributed by atoms with Crippen LogP contribution in [0.15, 0.2) is 36.5 Å². The van der Waals surface area contributed by atoms with Crippen LogP contribution in [0.25, 0.3) is 0 Å². The summed E-state index contributed by atoms with van der Waals surface area (Å²) in [6, 6.07) is -0.126. The van der Waals surface area contributed by atoms with E-state index in [-0.39, 0.29) is 42.4 Å². The lowest BCUT2D eigenvalue weighted by Gasteiger charge is -2.43. The molecular formula is C37H63NO11. The van der Waals surface area contributed by atoms with Crippen LogP contribution in [0.3, 0.4) is 0 Å². The first-order valence-corrected chi connectivity index (χ1v) is 17.8. The minimum atomic E-state index is -0.887. The molecule has 282 valence electrons. The maximum absolute atomic E-state index is 13.3. The zero-order chi connectivity index (χ0) is 36.4. The summed E-state index contributed by atoms with van der Waals surface area (Å²) in [5, 5.41) is 32.8. The average molecular weight is 698 g/mol. The molecule has 49 heavy (non-hydrogen) atoms. The van der Waals surface area contributed by atoms with Crippen molar-refractivity contribution in [2.45, 2.75) is 134 Å². The molecule has 0 amide bonds. The molecule has 2 fully saturated rings. The molecule has 3 heterocycles. The van der Waals surface area contributed by atoms with Gasteiger partial charge in [0.05, 0.1) is 31.0 Å². The summed E-state index contributed by atoms with van der Waals surface area (Å²) in [7, 11) is 6.88. The number of hydrogen-bond acceptors (Lipinski definition) is 12. The second kappa shape index (κ2) is 19.8. The molecule has 0 radical (unpaired) electrons. The van der Waals surface area contributed by atoms with Crippen LogP contribution >= 0.6 is 0 Å². The second-order valence-electron chi connectivity index (χ2n) is 14.3. The average Bonchev–Trinajstić information content (AvgIpc) is 3.06. The fraction of sp³-hybridized carbons (Fsp3) is 0.811. The first kappa shape index (κ1) is 41.7. The third-order valence-electron chi connectivity index (χ3n) is 10.2. The first-order chi connectivity index (χ1) is 23.2. The number of methoxy groups -OCH3 is 2. The quantitative estimate of drug-likeness (QED) is 0.304. The van der Waals surface area contributed by atoms with E-state index in [0.717, 1.165) is 0 Å². The Balaban J connectivity index is 1.85. The Kier molecular flexibility index (Phi) is 16.8. The Morgan fingerprint density at radius 1 is 0.837 bits per heavy atom. The predicted molar refractivity (Wildman–Crippen MR) is 184 cm³/mol. The normalized spacial score (nSPS) is 45.1. The van der Waals surface area contributed by atoms with Crippen molar-refractivity contribution in [3.8, 4) is 0 Å². The topological polar surface area (TPSA) is 146 Å². The van der Waals surface area contributed by atoms with Crippen LogP contribution in [-0.4, -0.2) is 135 Å². The highest BCUT2D eigenvalue weighted by molar-refractivity contribution is 5.82. The van der Waals surface area contributed by atoms with Crippen LogP contribution in [0.4, 0.5) is 0 Å². The van der Waals surface area contributed by atoms with E-state index in [9.17, 15) is 20.1 Å². The number of rotatable bonds is 9. The van der Waals surface area contributed by atoms with Gasteiger partial charge in [0.25, 0.3) is 0 Å². The number of cyclic esters (lactones) is 1. The Bertz CT molecular complexity index is 1080. The molecule has 0 aliphatic carbocycles. The van der Waals surface area contributed by atoms with Gasteiger partial charge < -0.3 is 53.4 Å². The van der Waals surface area contributed by atoms with Crippen molar-refractivity contribution in [1.29, 1.82) is 0 Å². The molecule has 0 aromatic heterocycles. The number of carbonyl (C=O) groups excluding carboxylic acids is 1. The highest BCUT2D eigenvalue weighted by Gasteiger charge is 2.45. The number of allylic oxidation sites excluding steroid dienone is 2. The number of esters is 1. The molecule has 3 N–H and O–H groups in total. The van der Waals surface area contributed by atoms with Crippen LogP contribution in [0.2, 0.25) is 0 Å². The molecule has 0 aromatic carbocycles. The highest BCUT2D eigenvalue weighted by Crippen LogP contribution is 2.32. The summed E-state index contributed by atoms with van der Waals surface area (Å²) in [5.41, 5.74) is 0. The zero-order valence-corrected chi connectivity index (χ0v) is 31.1. The molecule has 0 bridgehead atoms. The van der Waals surface area contributed by atoms with Gasteiger partial charge in [0.15, 0.2) is 12.6 Å². The summed E-state index contributed by atoms with van der Waals surface area (Å²) in [6.45, 7) is 11.8. The number of aliphatic hydroxyl groups is 3. The van der Waals surface area contributed by atoms with E-state index < -0.39 is 67.4 Å². The fourth-order valence-corrected chi connectivity index (χ4v) is 7.15. The Morgan fingerprint density at radius 3 is 2.14 bits per heavy atom. The largest absolute Gasteiger partial charge is 0.459 e. The van der Waals surface area contributed by atoms with Crippen LogP contribution in [0.5, 0.6) is 0 Å². The summed E-state index contributed by atoms with van der Waals surface area (Å²) in [5.74, 6) is -1.27. The highest BCUT2D eigenvalue weighted by atomic mass is 16.7. The molecule has 0 saturated carbocycles. The van der Waals surface area contributed by atoms with Gasteiger partial charge in [-0.2, -0.15) is 0 Å². The third-order valence-corrected chi connectivity index (χ3v) is 10.2. The van der Waals surface area contributed by atoms with Crippen molar-refractivity contribution >= 4 is 5.97 Å². The number of ether oxygens (including phenoxy) is 7. The number of likely N-dealkylation sites (N-methyl/N-ethyl adjacent to an activating group) is 1. The van der Waals surface area contributed by atoms with Gasteiger partial charge in [0.2, 0.25) is 0 Å². The Labute approximate surface area is 293 Å². The van der Waals surface area contributed by atoms with Crippen molar-refractivity contribution < 1.29 is 53.3 Å². The molecule has 16 atom stereocenters. The van der Waals surface area contributed by atoms with Crippen LogP contribution < -0.4 is 0 Å². The lowest BCUT2D eigenvalue weighted by molar-refractivity contribution is -0.304. The minimum Gasteiger partial charge on any atom is -0.459 e. The number of hydrogen-bond donors (Lipinski definition) is 3. The maximum atomic E-state index is 13.3. The van der Waals surface area contributed by atoms with Gasteiger partial charge in [-0.25, -0.2) is 4.79 Å². The van der Waals surface area contributed by atoms with Gasteiger partial charge in [-0.3, -0.25) is 0 Å². The third kappa shape index (κ3) is 11.4.